The summed E-state index contributed by atoms with van der Waals surface area (Å²) in [6.07, 6.45) is 6.39. The van der Waals surface area contributed by atoms with Crippen LogP contribution in [0.5, 0.6) is 0 Å². The molecule has 1 saturated carbocycles. The summed E-state index contributed by atoms with van der Waals surface area (Å²) in [5, 5.41) is 5.17. The second-order valence-corrected chi connectivity index (χ2v) is 7.74. The maximum Gasteiger partial charge on any atom is 0.407 e. The molecule has 0 radical (unpaired) electrons. The van der Waals surface area contributed by atoms with Crippen LogP contribution in [-0.4, -0.2) is 43.4 Å². The molecular weight excluding hydrogens is 320 g/mol. The van der Waals surface area contributed by atoms with Crippen molar-refractivity contribution < 1.29 is 24.4 Å². The zero-order chi connectivity index (χ0) is 18.3. The predicted octanol–water partition coefficient (Wildman–Crippen LogP) is 1.75. The lowest BCUT2D eigenvalue weighted by atomic mass is 9.82. The van der Waals surface area contributed by atoms with Crippen LogP contribution in [0.25, 0.3) is 0 Å². The van der Waals surface area contributed by atoms with Gasteiger partial charge < -0.3 is 20.1 Å². The standard InChI is InChI=1S/C19H32N2O4/c1-4-13-24-18(23)21-16-7-5-14(6-8-16)17(22)25-19(2,3)15-9-11-20-12-10-15/h4,14-16,20H,1,5-13H2,2-3H3,(H,21,23)/p+1. The minimum Gasteiger partial charge on any atom is -0.459 e. The fraction of sp³-hybridized carbons (Fsp3) is 0.789. The Hall–Kier alpha value is -1.56. The monoisotopic (exact) mass is 353 g/mol. The van der Waals surface area contributed by atoms with E-state index in [0.29, 0.717) is 5.92 Å². The fourth-order valence-corrected chi connectivity index (χ4v) is 3.86. The highest BCUT2D eigenvalue weighted by atomic mass is 16.6. The van der Waals surface area contributed by atoms with E-state index in [1.807, 2.05) is 13.8 Å². The summed E-state index contributed by atoms with van der Waals surface area (Å²) in [7, 11) is 0. The molecule has 2 fully saturated rings. The van der Waals surface area contributed by atoms with Gasteiger partial charge in [-0.05, 0) is 39.5 Å². The lowest BCUT2D eigenvalue weighted by molar-refractivity contribution is -0.665. The van der Waals surface area contributed by atoms with E-state index in [1.165, 1.54) is 0 Å². The van der Waals surface area contributed by atoms with Crippen LogP contribution in [-0.2, 0) is 14.3 Å². The lowest BCUT2D eigenvalue weighted by Crippen LogP contribution is -2.86. The molecule has 0 aromatic heterocycles. The number of carbonyl (C=O) groups is 2. The highest BCUT2D eigenvalue weighted by Crippen LogP contribution is 2.32. The predicted molar refractivity (Wildman–Crippen MR) is 95.0 cm³/mol. The summed E-state index contributed by atoms with van der Waals surface area (Å²) in [6.45, 7) is 10.0. The van der Waals surface area contributed by atoms with E-state index >= 15 is 0 Å². The van der Waals surface area contributed by atoms with Crippen LogP contribution in [0.4, 0.5) is 4.79 Å². The average Bonchev–Trinajstić information content (AvgIpc) is 2.61. The first-order valence-electron chi connectivity index (χ1n) is 9.51. The van der Waals surface area contributed by atoms with Gasteiger partial charge in [0.05, 0.1) is 19.0 Å². The van der Waals surface area contributed by atoms with Gasteiger partial charge in [-0.2, -0.15) is 0 Å². The maximum atomic E-state index is 12.6. The van der Waals surface area contributed by atoms with Crippen molar-refractivity contribution in [3.05, 3.63) is 12.7 Å². The molecular formula is C19H33N2O4+. The van der Waals surface area contributed by atoms with Gasteiger partial charge in [-0.3, -0.25) is 4.79 Å². The molecule has 3 N–H and O–H groups in total. The Balaban J connectivity index is 1.75. The van der Waals surface area contributed by atoms with Crippen LogP contribution in [0.2, 0.25) is 0 Å². The smallest absolute Gasteiger partial charge is 0.407 e. The Morgan fingerprint density at radius 1 is 1.16 bits per heavy atom. The Morgan fingerprint density at radius 2 is 1.80 bits per heavy atom. The van der Waals surface area contributed by atoms with Crippen LogP contribution >= 0.6 is 0 Å². The minimum atomic E-state index is -0.416. The molecule has 2 rings (SSSR count). The molecule has 0 spiro atoms. The highest BCUT2D eigenvalue weighted by Gasteiger charge is 2.38. The minimum absolute atomic E-state index is 0.0586. The van der Waals surface area contributed by atoms with Gasteiger partial charge in [0.25, 0.3) is 0 Å². The van der Waals surface area contributed by atoms with Crippen LogP contribution in [0.1, 0.15) is 52.4 Å². The SMILES string of the molecule is C=CCOC(=O)NC1CCC(C(=O)OC(C)(C)C2CC[NH2+]CC2)CC1. The Kier molecular flexibility index (Phi) is 7.29. The van der Waals surface area contributed by atoms with Gasteiger partial charge in [0, 0.05) is 24.8 Å². The third-order valence-corrected chi connectivity index (χ3v) is 5.50. The zero-order valence-electron chi connectivity index (χ0n) is 15.6. The van der Waals surface area contributed by atoms with E-state index < -0.39 is 11.7 Å². The lowest BCUT2D eigenvalue weighted by Gasteiger charge is -2.37. The van der Waals surface area contributed by atoms with Crippen LogP contribution in [0.15, 0.2) is 12.7 Å². The number of hydrogen-bond acceptors (Lipinski definition) is 4. The molecule has 25 heavy (non-hydrogen) atoms. The Morgan fingerprint density at radius 3 is 2.40 bits per heavy atom. The summed E-state index contributed by atoms with van der Waals surface area (Å²) in [5.41, 5.74) is -0.394. The number of hydrogen-bond donors (Lipinski definition) is 2. The number of piperidine rings is 1. The highest BCUT2D eigenvalue weighted by molar-refractivity contribution is 5.73. The number of nitrogens with one attached hydrogen (secondary N) is 1. The molecule has 1 heterocycles. The zero-order valence-corrected chi connectivity index (χ0v) is 15.6. The van der Waals surface area contributed by atoms with E-state index in [4.69, 9.17) is 9.47 Å². The van der Waals surface area contributed by atoms with Crippen molar-refractivity contribution >= 4 is 12.1 Å². The number of rotatable bonds is 6. The van der Waals surface area contributed by atoms with Crippen molar-refractivity contribution in [2.75, 3.05) is 19.7 Å². The van der Waals surface area contributed by atoms with Crippen molar-refractivity contribution in [2.45, 2.75) is 64.0 Å². The number of esters is 1. The summed E-state index contributed by atoms with van der Waals surface area (Å²) >= 11 is 0. The number of nitrogens with two attached hydrogens (primary N) is 1. The first-order chi connectivity index (χ1) is 11.9. The molecule has 0 aromatic carbocycles. The molecule has 2 aliphatic rings. The summed E-state index contributed by atoms with van der Waals surface area (Å²) < 4.78 is 10.8. The Labute approximate surface area is 150 Å². The number of ether oxygens (including phenoxy) is 2. The van der Waals surface area contributed by atoms with Crippen LogP contribution < -0.4 is 10.6 Å². The van der Waals surface area contributed by atoms with Gasteiger partial charge in [-0.15, -0.1) is 0 Å². The number of carbonyl (C=O) groups excluding carboxylic acids is 2. The quantitative estimate of drug-likeness (QED) is 0.563. The summed E-state index contributed by atoms with van der Waals surface area (Å²) in [6, 6.07) is 0.0725. The molecule has 0 atom stereocenters. The van der Waals surface area contributed by atoms with Crippen molar-refractivity contribution in [3.8, 4) is 0 Å². The van der Waals surface area contributed by atoms with Crippen molar-refractivity contribution in [1.29, 1.82) is 0 Å². The number of alkyl carbamates (subject to hydrolysis) is 1. The summed E-state index contributed by atoms with van der Waals surface area (Å²) in [5.74, 6) is 0.308. The van der Waals surface area contributed by atoms with Crippen molar-refractivity contribution in [3.63, 3.8) is 0 Å². The molecule has 142 valence electrons. The summed E-state index contributed by atoms with van der Waals surface area (Å²) in [4.78, 5) is 24.1. The first kappa shape index (κ1) is 19.8. The van der Waals surface area contributed by atoms with Gasteiger partial charge in [0.15, 0.2) is 0 Å². The van der Waals surface area contributed by atoms with Gasteiger partial charge >= 0.3 is 12.1 Å². The maximum absolute atomic E-state index is 12.6. The van der Waals surface area contributed by atoms with Gasteiger partial charge in [-0.1, -0.05) is 12.7 Å². The van der Waals surface area contributed by atoms with Crippen molar-refractivity contribution in [1.82, 2.24) is 5.32 Å². The second-order valence-electron chi connectivity index (χ2n) is 7.74. The normalized spacial score (nSPS) is 25.0. The fourth-order valence-electron chi connectivity index (χ4n) is 3.86. The van der Waals surface area contributed by atoms with E-state index in [9.17, 15) is 9.59 Å². The van der Waals surface area contributed by atoms with Crippen LogP contribution in [0.3, 0.4) is 0 Å². The van der Waals surface area contributed by atoms with E-state index in [1.54, 1.807) is 6.08 Å². The van der Waals surface area contributed by atoms with Gasteiger partial charge in [0.2, 0.25) is 0 Å². The molecule has 0 unspecified atom stereocenters. The van der Waals surface area contributed by atoms with Crippen molar-refractivity contribution in [2.24, 2.45) is 11.8 Å². The molecule has 1 aliphatic carbocycles. The molecule has 0 bridgehead atoms. The third kappa shape index (κ3) is 6.03. The van der Waals surface area contributed by atoms with E-state index in [-0.39, 0.29) is 24.5 Å². The van der Waals surface area contributed by atoms with Gasteiger partial charge in [-0.25, -0.2) is 4.79 Å². The number of amides is 1. The molecule has 1 saturated heterocycles. The molecule has 0 aromatic rings. The molecule has 1 aliphatic heterocycles. The third-order valence-electron chi connectivity index (χ3n) is 5.50. The van der Waals surface area contributed by atoms with E-state index in [2.05, 4.69) is 17.2 Å². The topological polar surface area (TPSA) is 81.2 Å². The second kappa shape index (κ2) is 9.22. The molecule has 1 amide bonds. The largest absolute Gasteiger partial charge is 0.459 e. The van der Waals surface area contributed by atoms with Gasteiger partial charge in [0.1, 0.15) is 12.2 Å². The Bertz CT molecular complexity index is 464. The first-order valence-corrected chi connectivity index (χ1v) is 9.51. The average molecular weight is 353 g/mol. The molecule has 6 heteroatoms. The molecule has 6 nitrogen and oxygen atoms in total. The van der Waals surface area contributed by atoms with Crippen LogP contribution in [0, 0.1) is 11.8 Å². The number of quaternary nitrogens is 1. The van der Waals surface area contributed by atoms with E-state index in [0.717, 1.165) is 51.6 Å².